The average molecular weight is 206 g/mol. The highest BCUT2D eigenvalue weighted by Crippen LogP contribution is 2.10. The van der Waals surface area contributed by atoms with E-state index < -0.39 is 12.6 Å². The van der Waals surface area contributed by atoms with Gasteiger partial charge in [0.1, 0.15) is 0 Å². The SMILES string of the molecule is CCC(O)OC(CC)OC(CC)OC. The fourth-order valence-electron chi connectivity index (χ4n) is 0.984. The molecule has 3 unspecified atom stereocenters. The first kappa shape index (κ1) is 13.8. The minimum atomic E-state index is -0.755. The second-order valence-corrected chi connectivity index (χ2v) is 3.05. The summed E-state index contributed by atoms with van der Waals surface area (Å²) >= 11 is 0. The molecule has 0 saturated carbocycles. The lowest BCUT2D eigenvalue weighted by molar-refractivity contribution is -0.282. The van der Waals surface area contributed by atoms with E-state index in [0.29, 0.717) is 12.8 Å². The molecule has 4 heteroatoms. The summed E-state index contributed by atoms with van der Waals surface area (Å²) in [6.45, 7) is 5.76. The van der Waals surface area contributed by atoms with Gasteiger partial charge in [-0.1, -0.05) is 20.8 Å². The van der Waals surface area contributed by atoms with Crippen molar-refractivity contribution in [3.8, 4) is 0 Å². The van der Waals surface area contributed by atoms with E-state index in [-0.39, 0.29) is 6.29 Å². The largest absolute Gasteiger partial charge is 0.368 e. The Labute approximate surface area is 86.2 Å². The Morgan fingerprint density at radius 2 is 1.50 bits per heavy atom. The van der Waals surface area contributed by atoms with E-state index >= 15 is 0 Å². The summed E-state index contributed by atoms with van der Waals surface area (Å²) in [5.41, 5.74) is 0. The highest BCUT2D eigenvalue weighted by molar-refractivity contribution is 4.46. The predicted molar refractivity (Wildman–Crippen MR) is 53.6 cm³/mol. The zero-order chi connectivity index (χ0) is 11.0. The molecule has 0 amide bonds. The summed E-state index contributed by atoms with van der Waals surface area (Å²) in [7, 11) is 1.59. The van der Waals surface area contributed by atoms with Crippen LogP contribution in [0.2, 0.25) is 0 Å². The normalized spacial score (nSPS) is 17.8. The van der Waals surface area contributed by atoms with Gasteiger partial charge in [0.2, 0.25) is 0 Å². The number of ether oxygens (including phenoxy) is 3. The molecule has 0 aromatic carbocycles. The van der Waals surface area contributed by atoms with Gasteiger partial charge in [-0.25, -0.2) is 0 Å². The second kappa shape index (κ2) is 8.17. The summed E-state index contributed by atoms with van der Waals surface area (Å²) in [5, 5.41) is 9.27. The molecule has 0 saturated heterocycles. The summed E-state index contributed by atoms with van der Waals surface area (Å²) < 4.78 is 15.8. The smallest absolute Gasteiger partial charge is 0.163 e. The first-order chi connectivity index (χ1) is 6.67. The van der Waals surface area contributed by atoms with E-state index in [4.69, 9.17) is 14.2 Å². The van der Waals surface area contributed by atoms with Crippen LogP contribution in [0.5, 0.6) is 0 Å². The molecule has 0 aliphatic rings. The molecule has 86 valence electrons. The van der Waals surface area contributed by atoms with Crippen molar-refractivity contribution in [1.29, 1.82) is 0 Å². The van der Waals surface area contributed by atoms with Crippen LogP contribution in [0.15, 0.2) is 0 Å². The van der Waals surface area contributed by atoms with Gasteiger partial charge < -0.3 is 19.3 Å². The first-order valence-corrected chi connectivity index (χ1v) is 5.19. The highest BCUT2D eigenvalue weighted by atomic mass is 16.8. The monoisotopic (exact) mass is 206 g/mol. The summed E-state index contributed by atoms with van der Waals surface area (Å²) in [6, 6.07) is 0. The lowest BCUT2D eigenvalue weighted by Crippen LogP contribution is -2.29. The van der Waals surface area contributed by atoms with Gasteiger partial charge in [0.15, 0.2) is 18.9 Å². The number of methoxy groups -OCH3 is 1. The van der Waals surface area contributed by atoms with Crippen LogP contribution in [0.4, 0.5) is 0 Å². The second-order valence-electron chi connectivity index (χ2n) is 3.05. The molecular weight excluding hydrogens is 184 g/mol. The van der Waals surface area contributed by atoms with Crippen molar-refractivity contribution < 1.29 is 19.3 Å². The Balaban J connectivity index is 3.88. The molecule has 0 fully saturated rings. The van der Waals surface area contributed by atoms with Gasteiger partial charge in [0.05, 0.1) is 0 Å². The van der Waals surface area contributed by atoms with E-state index in [1.165, 1.54) is 0 Å². The van der Waals surface area contributed by atoms with Crippen LogP contribution in [0, 0.1) is 0 Å². The molecule has 0 rings (SSSR count). The molecule has 0 aliphatic carbocycles. The molecule has 3 atom stereocenters. The third-order valence-electron chi connectivity index (χ3n) is 1.89. The quantitative estimate of drug-likeness (QED) is 0.616. The zero-order valence-electron chi connectivity index (χ0n) is 9.53. The Kier molecular flexibility index (Phi) is 8.08. The van der Waals surface area contributed by atoms with Gasteiger partial charge in [0, 0.05) is 7.11 Å². The van der Waals surface area contributed by atoms with Crippen LogP contribution in [-0.4, -0.2) is 31.1 Å². The van der Waals surface area contributed by atoms with Gasteiger partial charge in [-0.05, 0) is 19.3 Å². The average Bonchev–Trinajstić information content (AvgIpc) is 2.23. The molecule has 4 nitrogen and oxygen atoms in total. The van der Waals surface area contributed by atoms with Crippen molar-refractivity contribution >= 4 is 0 Å². The topological polar surface area (TPSA) is 47.9 Å². The number of hydrogen-bond donors (Lipinski definition) is 1. The summed E-state index contributed by atoms with van der Waals surface area (Å²) in [6.07, 6.45) is 0.604. The van der Waals surface area contributed by atoms with Crippen LogP contribution in [0.25, 0.3) is 0 Å². The van der Waals surface area contributed by atoms with E-state index in [1.54, 1.807) is 7.11 Å². The predicted octanol–water partition coefficient (Wildman–Crippen LogP) is 1.87. The maximum absolute atomic E-state index is 9.27. The fourth-order valence-corrected chi connectivity index (χ4v) is 0.984. The van der Waals surface area contributed by atoms with Gasteiger partial charge >= 0.3 is 0 Å². The molecule has 14 heavy (non-hydrogen) atoms. The van der Waals surface area contributed by atoms with Crippen LogP contribution in [0.3, 0.4) is 0 Å². The van der Waals surface area contributed by atoms with Crippen molar-refractivity contribution in [3.05, 3.63) is 0 Å². The molecule has 0 heterocycles. The molecular formula is C10H22O4. The molecule has 0 radical (unpaired) electrons. The van der Waals surface area contributed by atoms with Crippen molar-refractivity contribution in [2.24, 2.45) is 0 Å². The van der Waals surface area contributed by atoms with Gasteiger partial charge in [-0.3, -0.25) is 0 Å². The number of rotatable bonds is 8. The van der Waals surface area contributed by atoms with Crippen LogP contribution >= 0.6 is 0 Å². The Morgan fingerprint density at radius 1 is 0.929 bits per heavy atom. The molecule has 0 aliphatic heterocycles. The lowest BCUT2D eigenvalue weighted by Gasteiger charge is -2.24. The lowest BCUT2D eigenvalue weighted by atomic mass is 10.4. The van der Waals surface area contributed by atoms with E-state index in [1.807, 2.05) is 20.8 Å². The Morgan fingerprint density at radius 3 is 1.86 bits per heavy atom. The third-order valence-corrected chi connectivity index (χ3v) is 1.89. The van der Waals surface area contributed by atoms with Crippen molar-refractivity contribution in [1.82, 2.24) is 0 Å². The minimum Gasteiger partial charge on any atom is -0.368 e. The van der Waals surface area contributed by atoms with E-state index in [0.717, 1.165) is 6.42 Å². The molecule has 1 N–H and O–H groups in total. The third kappa shape index (κ3) is 5.54. The highest BCUT2D eigenvalue weighted by Gasteiger charge is 2.16. The van der Waals surface area contributed by atoms with Crippen LogP contribution in [-0.2, 0) is 14.2 Å². The molecule has 0 aromatic heterocycles. The van der Waals surface area contributed by atoms with E-state index in [2.05, 4.69) is 0 Å². The number of aliphatic hydroxyl groups excluding tert-OH is 1. The number of aliphatic hydroxyl groups is 1. The molecule has 0 bridgehead atoms. The fraction of sp³-hybridized carbons (Fsp3) is 1.00. The van der Waals surface area contributed by atoms with E-state index in [9.17, 15) is 5.11 Å². The van der Waals surface area contributed by atoms with Gasteiger partial charge in [0.25, 0.3) is 0 Å². The van der Waals surface area contributed by atoms with Crippen molar-refractivity contribution in [3.63, 3.8) is 0 Å². The number of hydrogen-bond acceptors (Lipinski definition) is 4. The van der Waals surface area contributed by atoms with Crippen LogP contribution < -0.4 is 0 Å². The van der Waals surface area contributed by atoms with Crippen molar-refractivity contribution in [2.45, 2.75) is 58.9 Å². The molecule has 0 spiro atoms. The van der Waals surface area contributed by atoms with Crippen LogP contribution in [0.1, 0.15) is 40.0 Å². The Hall–Kier alpha value is -0.160. The summed E-state index contributed by atoms with van der Waals surface area (Å²) in [4.78, 5) is 0. The standard InChI is InChI=1S/C10H22O4/c1-5-8(11)13-10(7-3)14-9(6-2)12-4/h8-11H,5-7H2,1-4H3. The summed E-state index contributed by atoms with van der Waals surface area (Å²) in [5.74, 6) is 0. The zero-order valence-corrected chi connectivity index (χ0v) is 9.53. The molecule has 0 aromatic rings. The first-order valence-electron chi connectivity index (χ1n) is 5.19. The maximum Gasteiger partial charge on any atom is 0.163 e. The van der Waals surface area contributed by atoms with Gasteiger partial charge in [-0.15, -0.1) is 0 Å². The van der Waals surface area contributed by atoms with Crippen molar-refractivity contribution in [2.75, 3.05) is 7.11 Å². The van der Waals surface area contributed by atoms with Gasteiger partial charge in [-0.2, -0.15) is 0 Å². The maximum atomic E-state index is 9.27. The minimum absolute atomic E-state index is 0.260. The Bertz CT molecular complexity index is 125.